The van der Waals surface area contributed by atoms with Crippen LogP contribution in [-0.4, -0.2) is 35.5 Å². The fourth-order valence-electron chi connectivity index (χ4n) is 3.45. The molecule has 0 radical (unpaired) electrons. The number of likely N-dealkylation sites (tertiary alicyclic amines) is 1. The average molecular weight is 274 g/mol. The molecule has 2 amide bonds. The number of fused-ring (bicyclic) bond motifs is 1. The summed E-state index contributed by atoms with van der Waals surface area (Å²) >= 11 is 0. The molecule has 1 aliphatic carbocycles. The first-order chi connectivity index (χ1) is 9.55. The van der Waals surface area contributed by atoms with Crippen LogP contribution in [0.2, 0.25) is 0 Å². The molecule has 20 heavy (non-hydrogen) atoms. The Balaban J connectivity index is 1.90. The van der Waals surface area contributed by atoms with Crippen LogP contribution in [0.1, 0.15) is 34.3 Å². The van der Waals surface area contributed by atoms with Crippen molar-refractivity contribution in [1.29, 1.82) is 0 Å². The van der Waals surface area contributed by atoms with Crippen molar-refractivity contribution in [3.8, 4) is 0 Å². The second-order valence-electron chi connectivity index (χ2n) is 5.86. The summed E-state index contributed by atoms with van der Waals surface area (Å²) < 4.78 is 0. The Morgan fingerprint density at radius 2 is 2.15 bits per heavy atom. The lowest BCUT2D eigenvalue weighted by Crippen LogP contribution is -2.37. The molecular weight excluding hydrogens is 256 g/mol. The summed E-state index contributed by atoms with van der Waals surface area (Å²) in [5.74, 6) is -0.245. The molecule has 1 atom stereocenters. The average Bonchev–Trinajstić information content (AvgIpc) is 2.75. The van der Waals surface area contributed by atoms with E-state index in [1.807, 2.05) is 24.1 Å². The maximum atomic E-state index is 12.3. The summed E-state index contributed by atoms with van der Waals surface area (Å²) in [6.07, 6.45) is 3.32. The number of carbonyl (C=O) groups is 2. The predicted octanol–water partition coefficient (Wildman–Crippen LogP) is 1.14. The molecule has 1 aliphatic heterocycles. The van der Waals surface area contributed by atoms with Crippen LogP contribution in [0, 0.1) is 5.41 Å². The number of amides is 2. The minimum absolute atomic E-state index is 0.234. The van der Waals surface area contributed by atoms with Gasteiger partial charge in [0.1, 0.15) is 0 Å². The first-order valence-electron chi connectivity index (χ1n) is 6.87. The summed E-state index contributed by atoms with van der Waals surface area (Å²) in [5, 5.41) is 8.67. The van der Waals surface area contributed by atoms with E-state index in [-0.39, 0.29) is 11.3 Å². The van der Waals surface area contributed by atoms with E-state index in [9.17, 15) is 9.59 Å². The smallest absolute Gasteiger partial charge is 0.274 e. The van der Waals surface area contributed by atoms with Crippen LogP contribution in [-0.2, 0) is 17.6 Å². The van der Waals surface area contributed by atoms with Gasteiger partial charge in [-0.1, -0.05) is 6.07 Å². The summed E-state index contributed by atoms with van der Waals surface area (Å²) in [6, 6.07) is 5.43. The van der Waals surface area contributed by atoms with Crippen LogP contribution in [0.5, 0.6) is 0 Å². The van der Waals surface area contributed by atoms with Gasteiger partial charge in [0.05, 0.1) is 5.41 Å². The Morgan fingerprint density at radius 3 is 2.80 bits per heavy atom. The highest BCUT2D eigenvalue weighted by Crippen LogP contribution is 2.43. The Bertz CT molecular complexity index is 584. The molecule has 1 aromatic rings. The molecule has 1 saturated heterocycles. The molecule has 1 spiro atoms. The Morgan fingerprint density at radius 1 is 1.35 bits per heavy atom. The second-order valence-corrected chi connectivity index (χ2v) is 5.86. The molecule has 1 aromatic carbocycles. The van der Waals surface area contributed by atoms with Gasteiger partial charge in [-0.2, -0.15) is 0 Å². The molecule has 2 N–H and O–H groups in total. The molecule has 0 saturated carbocycles. The van der Waals surface area contributed by atoms with Crippen LogP contribution in [0.25, 0.3) is 0 Å². The summed E-state index contributed by atoms with van der Waals surface area (Å²) in [4.78, 5) is 25.6. The number of hydrogen-bond donors (Lipinski definition) is 2. The van der Waals surface area contributed by atoms with E-state index in [4.69, 9.17) is 5.21 Å². The maximum absolute atomic E-state index is 12.3. The molecule has 2 aliphatic rings. The first kappa shape index (κ1) is 13.1. The van der Waals surface area contributed by atoms with E-state index in [0.29, 0.717) is 5.56 Å². The van der Waals surface area contributed by atoms with Crippen molar-refractivity contribution in [2.75, 3.05) is 13.6 Å². The second kappa shape index (κ2) is 4.59. The highest BCUT2D eigenvalue weighted by atomic mass is 16.5. The Hall–Kier alpha value is -1.88. The van der Waals surface area contributed by atoms with Crippen molar-refractivity contribution >= 4 is 11.8 Å². The van der Waals surface area contributed by atoms with Gasteiger partial charge in [-0.15, -0.1) is 0 Å². The highest BCUT2D eigenvalue weighted by Gasteiger charge is 2.46. The number of benzene rings is 1. The zero-order valence-electron chi connectivity index (χ0n) is 11.5. The largest absolute Gasteiger partial charge is 0.345 e. The molecule has 3 rings (SSSR count). The lowest BCUT2D eigenvalue weighted by molar-refractivity contribution is -0.135. The lowest BCUT2D eigenvalue weighted by atomic mass is 9.70. The number of rotatable bonds is 1. The van der Waals surface area contributed by atoms with Gasteiger partial charge in [-0.25, -0.2) is 5.48 Å². The van der Waals surface area contributed by atoms with E-state index in [2.05, 4.69) is 0 Å². The quantitative estimate of drug-likeness (QED) is 0.596. The monoisotopic (exact) mass is 274 g/mol. The van der Waals surface area contributed by atoms with Crippen LogP contribution >= 0.6 is 0 Å². The van der Waals surface area contributed by atoms with E-state index >= 15 is 0 Å². The minimum Gasteiger partial charge on any atom is -0.345 e. The van der Waals surface area contributed by atoms with Gasteiger partial charge in [-0.05, 0) is 48.9 Å². The normalized spacial score (nSPS) is 24.9. The van der Waals surface area contributed by atoms with Gasteiger partial charge >= 0.3 is 0 Å². The number of hydroxylamine groups is 1. The predicted molar refractivity (Wildman–Crippen MR) is 72.4 cm³/mol. The lowest BCUT2D eigenvalue weighted by Gasteiger charge is -2.33. The number of hydrogen-bond acceptors (Lipinski definition) is 3. The van der Waals surface area contributed by atoms with Gasteiger partial charge in [0.25, 0.3) is 5.91 Å². The number of nitrogens with one attached hydrogen (secondary N) is 1. The van der Waals surface area contributed by atoms with Gasteiger partial charge in [0.2, 0.25) is 5.91 Å². The standard InChI is InChI=1S/C15H18N2O3/c1-17-7-6-15(14(17)19)5-4-10-8-11(13(18)16-20)2-3-12(10)9-15/h2-3,8,20H,4-7,9H2,1H3,(H,16,18). The zero-order chi connectivity index (χ0) is 14.3. The molecule has 1 fully saturated rings. The zero-order valence-corrected chi connectivity index (χ0v) is 11.5. The van der Waals surface area contributed by atoms with Crippen LogP contribution in [0.3, 0.4) is 0 Å². The molecular formula is C15H18N2O3. The topological polar surface area (TPSA) is 69.6 Å². The van der Waals surface area contributed by atoms with Gasteiger partial charge in [-0.3, -0.25) is 14.8 Å². The third kappa shape index (κ3) is 1.89. The van der Waals surface area contributed by atoms with Crippen LogP contribution < -0.4 is 5.48 Å². The SMILES string of the molecule is CN1CCC2(CCc3cc(C(=O)NO)ccc3C2)C1=O. The van der Waals surface area contributed by atoms with E-state index in [0.717, 1.165) is 43.4 Å². The van der Waals surface area contributed by atoms with Crippen molar-refractivity contribution in [3.05, 3.63) is 34.9 Å². The number of aryl methyl sites for hydroxylation is 1. The van der Waals surface area contributed by atoms with E-state index < -0.39 is 5.91 Å². The summed E-state index contributed by atoms with van der Waals surface area (Å²) in [7, 11) is 1.86. The van der Waals surface area contributed by atoms with Crippen LogP contribution in [0.4, 0.5) is 0 Å². The number of carbonyl (C=O) groups excluding carboxylic acids is 2. The fraction of sp³-hybridized carbons (Fsp3) is 0.467. The molecule has 0 bridgehead atoms. The third-order valence-electron chi connectivity index (χ3n) is 4.70. The minimum atomic E-state index is -0.496. The molecule has 1 unspecified atom stereocenters. The Labute approximate surface area is 117 Å². The van der Waals surface area contributed by atoms with Crippen molar-refractivity contribution < 1.29 is 14.8 Å². The van der Waals surface area contributed by atoms with Crippen LogP contribution in [0.15, 0.2) is 18.2 Å². The highest BCUT2D eigenvalue weighted by molar-refractivity contribution is 5.93. The molecule has 5 nitrogen and oxygen atoms in total. The fourth-order valence-corrected chi connectivity index (χ4v) is 3.45. The van der Waals surface area contributed by atoms with Crippen molar-refractivity contribution in [2.45, 2.75) is 25.7 Å². The summed E-state index contributed by atoms with van der Waals surface area (Å²) in [6.45, 7) is 0.833. The van der Waals surface area contributed by atoms with Gasteiger partial charge < -0.3 is 4.90 Å². The molecule has 0 aromatic heterocycles. The molecule has 1 heterocycles. The number of nitrogens with zero attached hydrogens (tertiary/aromatic N) is 1. The third-order valence-corrected chi connectivity index (χ3v) is 4.70. The Kier molecular flexibility index (Phi) is 3.01. The van der Waals surface area contributed by atoms with Crippen molar-refractivity contribution in [2.24, 2.45) is 5.41 Å². The first-order valence-corrected chi connectivity index (χ1v) is 6.87. The van der Waals surface area contributed by atoms with Gasteiger partial charge in [0, 0.05) is 19.2 Å². The summed E-state index contributed by atoms with van der Waals surface area (Å²) in [5.41, 5.74) is 4.13. The van der Waals surface area contributed by atoms with Crippen molar-refractivity contribution in [1.82, 2.24) is 10.4 Å². The van der Waals surface area contributed by atoms with E-state index in [1.54, 1.807) is 11.5 Å². The van der Waals surface area contributed by atoms with Gasteiger partial charge in [0.15, 0.2) is 0 Å². The molecule has 106 valence electrons. The molecule has 5 heteroatoms. The van der Waals surface area contributed by atoms with Crippen molar-refractivity contribution in [3.63, 3.8) is 0 Å². The van der Waals surface area contributed by atoms with E-state index in [1.165, 1.54) is 0 Å². The maximum Gasteiger partial charge on any atom is 0.274 e.